The van der Waals surface area contributed by atoms with E-state index >= 15 is 0 Å². The number of nitrogens with two attached hydrogens (primary N) is 1. The van der Waals surface area contributed by atoms with Crippen LogP contribution in [0.25, 0.3) is 0 Å². The minimum atomic E-state index is 0.815. The van der Waals surface area contributed by atoms with Gasteiger partial charge in [0.25, 0.3) is 0 Å². The fourth-order valence-corrected chi connectivity index (χ4v) is 1.53. The van der Waals surface area contributed by atoms with Crippen molar-refractivity contribution in [2.24, 2.45) is 5.92 Å². The maximum Gasteiger partial charge on any atom is 0.0314 e. The lowest BCUT2D eigenvalue weighted by molar-refractivity contribution is 0.915. The largest absolute Gasteiger partial charge is 0.399 e. The zero-order chi connectivity index (χ0) is 7.84. The molecule has 1 nitrogen and oxygen atoms in total. The lowest BCUT2D eigenvalue weighted by atomic mass is 10.1. The van der Waals surface area contributed by atoms with Gasteiger partial charge in [0.1, 0.15) is 0 Å². The minimum Gasteiger partial charge on any atom is -0.399 e. The highest BCUT2D eigenvalue weighted by Crippen LogP contribution is 2.46. The van der Waals surface area contributed by atoms with Crippen LogP contribution in [0.4, 0.5) is 5.69 Å². The van der Waals surface area contributed by atoms with E-state index in [0.29, 0.717) is 0 Å². The Balaban J connectivity index is 2.21. The number of hydrogen-bond acceptors (Lipinski definition) is 1. The Bertz CT molecular complexity index is 250. The van der Waals surface area contributed by atoms with Crippen LogP contribution < -0.4 is 5.73 Å². The van der Waals surface area contributed by atoms with Crippen molar-refractivity contribution < 1.29 is 0 Å². The normalized spacial score (nSPS) is 28.5. The number of rotatable bonds is 1. The van der Waals surface area contributed by atoms with Gasteiger partial charge in [0, 0.05) is 5.69 Å². The topological polar surface area (TPSA) is 26.0 Å². The van der Waals surface area contributed by atoms with Gasteiger partial charge in [-0.15, -0.1) is 0 Å². The fourth-order valence-electron chi connectivity index (χ4n) is 1.53. The summed E-state index contributed by atoms with van der Waals surface area (Å²) in [6, 6.07) is 8.26. The van der Waals surface area contributed by atoms with Crippen LogP contribution in [0.1, 0.15) is 24.8 Å². The molecule has 11 heavy (non-hydrogen) atoms. The predicted octanol–water partition coefficient (Wildman–Crippen LogP) is 2.39. The highest BCUT2D eigenvalue weighted by atomic mass is 14.5. The molecule has 1 heteroatoms. The van der Waals surface area contributed by atoms with Crippen LogP contribution in [0.15, 0.2) is 24.3 Å². The zero-order valence-corrected chi connectivity index (χ0v) is 6.75. The van der Waals surface area contributed by atoms with Gasteiger partial charge in [-0.1, -0.05) is 19.1 Å². The third-order valence-electron chi connectivity index (χ3n) is 2.47. The summed E-state index contributed by atoms with van der Waals surface area (Å²) in [6.07, 6.45) is 1.35. The van der Waals surface area contributed by atoms with Gasteiger partial charge in [0.05, 0.1) is 0 Å². The van der Waals surface area contributed by atoms with E-state index < -0.39 is 0 Å². The van der Waals surface area contributed by atoms with Crippen LogP contribution in [0.3, 0.4) is 0 Å². The number of nitrogen functional groups attached to an aromatic ring is 1. The van der Waals surface area contributed by atoms with Crippen molar-refractivity contribution in [2.75, 3.05) is 5.73 Å². The van der Waals surface area contributed by atoms with Crippen molar-refractivity contribution in [3.05, 3.63) is 29.8 Å². The summed E-state index contributed by atoms with van der Waals surface area (Å²) in [6.45, 7) is 2.29. The molecule has 1 aromatic rings. The van der Waals surface area contributed by atoms with Crippen molar-refractivity contribution in [3.8, 4) is 0 Å². The molecule has 1 saturated carbocycles. The molecule has 1 aliphatic rings. The van der Waals surface area contributed by atoms with Crippen molar-refractivity contribution in [1.29, 1.82) is 0 Å². The molecule has 0 radical (unpaired) electrons. The van der Waals surface area contributed by atoms with Crippen LogP contribution in [0.5, 0.6) is 0 Å². The van der Waals surface area contributed by atoms with Gasteiger partial charge < -0.3 is 5.73 Å². The molecule has 0 spiro atoms. The standard InChI is InChI=1S/C10H13N/c1-7-6-10(7)8-2-4-9(11)5-3-8/h2-5,7,10H,6,11H2,1H3/t7-,10+/m1/s1. The predicted molar refractivity (Wildman–Crippen MR) is 47.4 cm³/mol. The number of hydrogen-bond donors (Lipinski definition) is 1. The Labute approximate surface area is 67.2 Å². The van der Waals surface area contributed by atoms with Gasteiger partial charge >= 0.3 is 0 Å². The molecule has 1 fully saturated rings. The quantitative estimate of drug-likeness (QED) is 0.606. The van der Waals surface area contributed by atoms with Crippen LogP contribution >= 0.6 is 0 Å². The maximum atomic E-state index is 5.58. The molecule has 2 N–H and O–H groups in total. The van der Waals surface area contributed by atoms with E-state index in [-0.39, 0.29) is 0 Å². The number of benzene rings is 1. The molecule has 2 atom stereocenters. The number of anilines is 1. The van der Waals surface area contributed by atoms with Crippen LogP contribution in [-0.4, -0.2) is 0 Å². The van der Waals surface area contributed by atoms with Gasteiger partial charge in [-0.2, -0.15) is 0 Å². The molecule has 2 rings (SSSR count). The molecule has 0 heterocycles. The van der Waals surface area contributed by atoms with Crippen molar-refractivity contribution in [2.45, 2.75) is 19.3 Å². The Morgan fingerprint density at radius 1 is 1.27 bits per heavy atom. The molecular formula is C10H13N. The van der Waals surface area contributed by atoms with Crippen LogP contribution in [0, 0.1) is 5.92 Å². The summed E-state index contributed by atoms with van der Waals surface area (Å²) in [5, 5.41) is 0. The Morgan fingerprint density at radius 3 is 2.27 bits per heavy atom. The third-order valence-corrected chi connectivity index (χ3v) is 2.47. The Morgan fingerprint density at radius 2 is 1.82 bits per heavy atom. The summed E-state index contributed by atoms with van der Waals surface area (Å²) >= 11 is 0. The van der Waals surface area contributed by atoms with E-state index in [0.717, 1.165) is 17.5 Å². The van der Waals surface area contributed by atoms with Crippen molar-refractivity contribution in [1.82, 2.24) is 0 Å². The first-order chi connectivity index (χ1) is 5.27. The lowest BCUT2D eigenvalue weighted by Crippen LogP contribution is -1.85. The summed E-state index contributed by atoms with van der Waals surface area (Å²) < 4.78 is 0. The Hall–Kier alpha value is -0.980. The highest BCUT2D eigenvalue weighted by Gasteiger charge is 2.33. The van der Waals surface area contributed by atoms with Gasteiger partial charge in [-0.3, -0.25) is 0 Å². The fraction of sp³-hybridized carbons (Fsp3) is 0.400. The molecular weight excluding hydrogens is 134 g/mol. The maximum absolute atomic E-state index is 5.58. The van der Waals surface area contributed by atoms with E-state index in [9.17, 15) is 0 Å². The van der Waals surface area contributed by atoms with Gasteiger partial charge in [-0.05, 0) is 36.0 Å². The summed E-state index contributed by atoms with van der Waals surface area (Å²) in [7, 11) is 0. The monoisotopic (exact) mass is 147 g/mol. The summed E-state index contributed by atoms with van der Waals surface area (Å²) in [5.41, 5.74) is 7.90. The van der Waals surface area contributed by atoms with Crippen LogP contribution in [-0.2, 0) is 0 Å². The molecule has 0 bridgehead atoms. The van der Waals surface area contributed by atoms with Gasteiger partial charge in [-0.25, -0.2) is 0 Å². The second-order valence-electron chi connectivity index (χ2n) is 3.49. The van der Waals surface area contributed by atoms with E-state index in [2.05, 4.69) is 19.1 Å². The van der Waals surface area contributed by atoms with E-state index in [1.54, 1.807) is 0 Å². The second-order valence-corrected chi connectivity index (χ2v) is 3.49. The molecule has 0 aliphatic heterocycles. The second kappa shape index (κ2) is 2.26. The first kappa shape index (κ1) is 6.71. The molecule has 1 aromatic carbocycles. The van der Waals surface area contributed by atoms with E-state index in [1.165, 1.54) is 12.0 Å². The van der Waals surface area contributed by atoms with E-state index in [4.69, 9.17) is 5.73 Å². The Kier molecular flexibility index (Phi) is 1.38. The molecule has 58 valence electrons. The first-order valence-electron chi connectivity index (χ1n) is 4.13. The molecule has 0 unspecified atom stereocenters. The summed E-state index contributed by atoms with van der Waals surface area (Å²) in [4.78, 5) is 0. The third kappa shape index (κ3) is 1.23. The van der Waals surface area contributed by atoms with Crippen molar-refractivity contribution in [3.63, 3.8) is 0 Å². The highest BCUT2D eigenvalue weighted by molar-refractivity contribution is 5.41. The van der Waals surface area contributed by atoms with Gasteiger partial charge in [0.2, 0.25) is 0 Å². The average molecular weight is 147 g/mol. The molecule has 1 aliphatic carbocycles. The first-order valence-corrected chi connectivity index (χ1v) is 4.13. The van der Waals surface area contributed by atoms with Crippen LogP contribution in [0.2, 0.25) is 0 Å². The lowest BCUT2D eigenvalue weighted by Gasteiger charge is -1.97. The summed E-state index contributed by atoms with van der Waals surface area (Å²) in [5.74, 6) is 1.70. The van der Waals surface area contributed by atoms with E-state index in [1.807, 2.05) is 12.1 Å². The minimum absolute atomic E-state index is 0.815. The smallest absolute Gasteiger partial charge is 0.0314 e. The average Bonchev–Trinajstić information content (AvgIpc) is 2.69. The SMILES string of the molecule is C[C@@H]1C[C@@H]1c1ccc(N)cc1. The molecule has 0 aromatic heterocycles. The molecule has 0 amide bonds. The molecule has 0 saturated heterocycles. The zero-order valence-electron chi connectivity index (χ0n) is 6.75. The van der Waals surface area contributed by atoms with Gasteiger partial charge in [0.15, 0.2) is 0 Å². The van der Waals surface area contributed by atoms with Crippen molar-refractivity contribution >= 4 is 5.69 Å².